The zero-order valence-corrected chi connectivity index (χ0v) is 6.66. The van der Waals surface area contributed by atoms with E-state index in [9.17, 15) is 4.79 Å². The van der Waals surface area contributed by atoms with E-state index in [1.165, 1.54) is 6.08 Å². The third-order valence-corrected chi connectivity index (χ3v) is 1.46. The van der Waals surface area contributed by atoms with Gasteiger partial charge in [-0.1, -0.05) is 6.58 Å². The van der Waals surface area contributed by atoms with Gasteiger partial charge in [-0.3, -0.25) is 9.48 Å². The Hall–Kier alpha value is -1.38. The Bertz CT molecular complexity index is 299. The highest BCUT2D eigenvalue weighted by Gasteiger charge is 2.07. The molecule has 3 heteroatoms. The molecule has 0 spiro atoms. The Balaban J connectivity index is 3.12. The lowest BCUT2D eigenvalue weighted by atomic mass is 10.2. The molecular formula is C8H10N2O. The summed E-state index contributed by atoms with van der Waals surface area (Å²) in [6.45, 7) is 5.20. The second-order valence-electron chi connectivity index (χ2n) is 2.37. The lowest BCUT2D eigenvalue weighted by Crippen LogP contribution is -1.93. The van der Waals surface area contributed by atoms with Crippen molar-refractivity contribution < 1.29 is 4.79 Å². The molecule has 0 atom stereocenters. The maximum Gasteiger partial charge on any atom is 0.188 e. The van der Waals surface area contributed by atoms with E-state index >= 15 is 0 Å². The van der Waals surface area contributed by atoms with Crippen LogP contribution in [-0.4, -0.2) is 15.6 Å². The lowest BCUT2D eigenvalue weighted by molar-refractivity contribution is 0.104. The summed E-state index contributed by atoms with van der Waals surface area (Å²) in [5.41, 5.74) is 1.37. The van der Waals surface area contributed by atoms with Crippen molar-refractivity contribution in [1.29, 1.82) is 0 Å². The van der Waals surface area contributed by atoms with Gasteiger partial charge >= 0.3 is 0 Å². The van der Waals surface area contributed by atoms with E-state index in [2.05, 4.69) is 11.7 Å². The van der Waals surface area contributed by atoms with Crippen molar-refractivity contribution in [3.05, 3.63) is 30.1 Å². The van der Waals surface area contributed by atoms with E-state index in [4.69, 9.17) is 0 Å². The predicted octanol–water partition coefficient (Wildman–Crippen LogP) is 1.10. The van der Waals surface area contributed by atoms with Crippen LogP contribution in [0.25, 0.3) is 0 Å². The third-order valence-electron chi connectivity index (χ3n) is 1.46. The van der Waals surface area contributed by atoms with Gasteiger partial charge in [0.15, 0.2) is 5.78 Å². The summed E-state index contributed by atoms with van der Waals surface area (Å²) in [5, 5.41) is 4.03. The van der Waals surface area contributed by atoms with Crippen LogP contribution in [0.5, 0.6) is 0 Å². The summed E-state index contributed by atoms with van der Waals surface area (Å²) in [6.07, 6.45) is 2.99. The fourth-order valence-electron chi connectivity index (χ4n) is 0.951. The van der Waals surface area contributed by atoms with E-state index in [1.54, 1.807) is 24.9 Å². The number of rotatable bonds is 2. The zero-order valence-electron chi connectivity index (χ0n) is 6.66. The van der Waals surface area contributed by atoms with E-state index in [-0.39, 0.29) is 5.78 Å². The van der Waals surface area contributed by atoms with Gasteiger partial charge in [0.1, 0.15) is 0 Å². The molecule has 3 nitrogen and oxygen atoms in total. The van der Waals surface area contributed by atoms with Gasteiger partial charge in [-0.2, -0.15) is 5.10 Å². The molecule has 1 heterocycles. The van der Waals surface area contributed by atoms with Crippen molar-refractivity contribution in [3.63, 3.8) is 0 Å². The molecule has 0 aliphatic heterocycles. The molecular weight excluding hydrogens is 140 g/mol. The van der Waals surface area contributed by atoms with Crippen LogP contribution in [0, 0.1) is 6.92 Å². The maximum atomic E-state index is 11.1. The molecule has 0 bridgehead atoms. The number of aromatic nitrogens is 2. The molecule has 58 valence electrons. The van der Waals surface area contributed by atoms with Crippen LogP contribution in [0.4, 0.5) is 0 Å². The van der Waals surface area contributed by atoms with Gasteiger partial charge in [0.05, 0.1) is 11.3 Å². The van der Waals surface area contributed by atoms with Gasteiger partial charge in [-0.25, -0.2) is 0 Å². The summed E-state index contributed by atoms with van der Waals surface area (Å²) in [4.78, 5) is 11.1. The average Bonchev–Trinajstić information content (AvgIpc) is 2.28. The Morgan fingerprint density at radius 3 is 2.82 bits per heavy atom. The van der Waals surface area contributed by atoms with Crippen LogP contribution in [0.2, 0.25) is 0 Å². The molecule has 0 amide bonds. The average molecular weight is 150 g/mol. The summed E-state index contributed by atoms with van der Waals surface area (Å²) < 4.78 is 1.62. The first-order valence-electron chi connectivity index (χ1n) is 3.32. The van der Waals surface area contributed by atoms with Crippen LogP contribution >= 0.6 is 0 Å². The largest absolute Gasteiger partial charge is 0.289 e. The first kappa shape index (κ1) is 7.72. The highest BCUT2D eigenvalue weighted by Crippen LogP contribution is 2.05. The standard InChI is InChI=1S/C8H10N2O/c1-4-8(11)7-5-10(3)9-6(7)2/h4-5H,1H2,2-3H3. The van der Waals surface area contributed by atoms with Gasteiger partial charge in [0.25, 0.3) is 0 Å². The Labute approximate surface area is 65.3 Å². The molecule has 0 unspecified atom stereocenters. The fourth-order valence-corrected chi connectivity index (χ4v) is 0.951. The zero-order chi connectivity index (χ0) is 8.43. The molecule has 0 aliphatic rings. The predicted molar refractivity (Wildman–Crippen MR) is 42.5 cm³/mol. The summed E-state index contributed by atoms with van der Waals surface area (Å²) in [5.74, 6) is -0.0735. The molecule has 0 saturated heterocycles. The molecule has 0 saturated carbocycles. The van der Waals surface area contributed by atoms with Crippen molar-refractivity contribution in [3.8, 4) is 0 Å². The first-order chi connectivity index (χ1) is 5.15. The number of ketones is 1. The van der Waals surface area contributed by atoms with E-state index < -0.39 is 0 Å². The van der Waals surface area contributed by atoms with E-state index in [0.29, 0.717) is 5.56 Å². The quantitative estimate of drug-likeness (QED) is 0.467. The van der Waals surface area contributed by atoms with Crippen LogP contribution < -0.4 is 0 Å². The molecule has 1 aromatic heterocycles. The van der Waals surface area contributed by atoms with Gasteiger partial charge in [0.2, 0.25) is 0 Å². The molecule has 0 N–H and O–H groups in total. The highest BCUT2D eigenvalue weighted by molar-refractivity contribution is 6.04. The highest BCUT2D eigenvalue weighted by atomic mass is 16.1. The summed E-state index contributed by atoms with van der Waals surface area (Å²) in [6, 6.07) is 0. The van der Waals surface area contributed by atoms with Crippen LogP contribution in [-0.2, 0) is 7.05 Å². The van der Waals surface area contributed by atoms with Crippen molar-refractivity contribution in [2.24, 2.45) is 7.05 Å². The number of hydrogen-bond donors (Lipinski definition) is 0. The molecule has 1 aromatic rings. The normalized spacial score (nSPS) is 9.64. The monoisotopic (exact) mass is 150 g/mol. The second kappa shape index (κ2) is 2.70. The number of hydrogen-bond acceptors (Lipinski definition) is 2. The fraction of sp³-hybridized carbons (Fsp3) is 0.250. The maximum absolute atomic E-state index is 11.1. The molecule has 0 radical (unpaired) electrons. The molecule has 0 aliphatic carbocycles. The van der Waals surface area contributed by atoms with Gasteiger partial charge in [0, 0.05) is 13.2 Å². The molecule has 0 fully saturated rings. The van der Waals surface area contributed by atoms with Crippen molar-refractivity contribution >= 4 is 5.78 Å². The summed E-state index contributed by atoms with van der Waals surface area (Å²) >= 11 is 0. The molecule has 1 rings (SSSR count). The second-order valence-corrected chi connectivity index (χ2v) is 2.37. The molecule has 0 aromatic carbocycles. The van der Waals surface area contributed by atoms with Gasteiger partial charge in [-0.15, -0.1) is 0 Å². The minimum absolute atomic E-state index is 0.0735. The van der Waals surface area contributed by atoms with Crippen molar-refractivity contribution in [1.82, 2.24) is 9.78 Å². The number of allylic oxidation sites excluding steroid dienone is 1. The van der Waals surface area contributed by atoms with Crippen molar-refractivity contribution in [2.75, 3.05) is 0 Å². The van der Waals surface area contributed by atoms with Crippen LogP contribution in [0.1, 0.15) is 16.1 Å². The lowest BCUT2D eigenvalue weighted by Gasteiger charge is -1.87. The number of carbonyl (C=O) groups excluding carboxylic acids is 1. The third kappa shape index (κ3) is 1.37. The smallest absolute Gasteiger partial charge is 0.188 e. The number of carbonyl (C=O) groups is 1. The topological polar surface area (TPSA) is 34.9 Å². The SMILES string of the molecule is C=CC(=O)c1cn(C)nc1C. The minimum atomic E-state index is -0.0735. The van der Waals surface area contributed by atoms with Crippen LogP contribution in [0.3, 0.4) is 0 Å². The number of aryl methyl sites for hydroxylation is 2. The number of nitrogens with zero attached hydrogens (tertiary/aromatic N) is 2. The van der Waals surface area contributed by atoms with Gasteiger partial charge in [-0.05, 0) is 13.0 Å². The van der Waals surface area contributed by atoms with E-state index in [1.807, 2.05) is 0 Å². The van der Waals surface area contributed by atoms with Gasteiger partial charge < -0.3 is 0 Å². The Morgan fingerprint density at radius 1 is 1.82 bits per heavy atom. The summed E-state index contributed by atoms with van der Waals surface area (Å²) in [7, 11) is 1.78. The molecule has 11 heavy (non-hydrogen) atoms. The van der Waals surface area contributed by atoms with E-state index in [0.717, 1.165) is 5.69 Å². The first-order valence-corrected chi connectivity index (χ1v) is 3.32. The van der Waals surface area contributed by atoms with Crippen LogP contribution in [0.15, 0.2) is 18.9 Å². The Kier molecular flexibility index (Phi) is 1.89. The Morgan fingerprint density at radius 2 is 2.45 bits per heavy atom. The van der Waals surface area contributed by atoms with Crippen molar-refractivity contribution in [2.45, 2.75) is 6.92 Å². The minimum Gasteiger partial charge on any atom is -0.289 e.